The number of fused-ring (bicyclic) bond motifs is 7. The number of nitrogens with zero attached hydrogens (tertiary/aromatic N) is 3. The predicted octanol–water partition coefficient (Wildman–Crippen LogP) is 12.5. The maximum absolute atomic E-state index is 2.44. The molecule has 0 aliphatic heterocycles. The van der Waals surface area contributed by atoms with Crippen molar-refractivity contribution in [2.45, 2.75) is 0 Å². The molecule has 0 N–H and O–H groups in total. The van der Waals surface area contributed by atoms with Gasteiger partial charge in [0.1, 0.15) is 0 Å². The fraction of sp³-hybridized carbons (Fsp3) is 0. The van der Waals surface area contributed by atoms with Crippen LogP contribution in [0.2, 0.25) is 0 Å². The van der Waals surface area contributed by atoms with Gasteiger partial charge in [0, 0.05) is 50.0 Å². The number of rotatable bonds is 5. The van der Waals surface area contributed by atoms with Gasteiger partial charge in [-0.05, 0) is 95.7 Å². The van der Waals surface area contributed by atoms with E-state index in [1.54, 1.807) is 0 Å². The van der Waals surface area contributed by atoms with Gasteiger partial charge < -0.3 is 14.0 Å². The van der Waals surface area contributed by atoms with E-state index in [-0.39, 0.29) is 0 Å². The van der Waals surface area contributed by atoms with Gasteiger partial charge >= 0.3 is 0 Å². The van der Waals surface area contributed by atoms with Gasteiger partial charge in [-0.25, -0.2) is 0 Å². The molecule has 49 heavy (non-hydrogen) atoms. The topological polar surface area (TPSA) is 13.1 Å². The Labute approximate surface area is 284 Å². The van der Waals surface area contributed by atoms with Gasteiger partial charge in [-0.1, -0.05) is 103 Å². The Hall–Kier alpha value is -6.58. The van der Waals surface area contributed by atoms with Gasteiger partial charge in [-0.2, -0.15) is 0 Å². The molecule has 0 aliphatic carbocycles. The van der Waals surface area contributed by atoms with Crippen LogP contribution in [0, 0.1) is 0 Å². The second-order valence-corrected chi connectivity index (χ2v) is 12.7. The Morgan fingerprint density at radius 3 is 1.49 bits per heavy atom. The van der Waals surface area contributed by atoms with Crippen LogP contribution in [-0.4, -0.2) is 9.13 Å². The molecule has 230 valence electrons. The van der Waals surface area contributed by atoms with Crippen LogP contribution in [0.4, 0.5) is 17.1 Å². The minimum absolute atomic E-state index is 1.10. The summed E-state index contributed by atoms with van der Waals surface area (Å²) in [4.78, 5) is 2.33. The fourth-order valence-electron chi connectivity index (χ4n) is 7.67. The van der Waals surface area contributed by atoms with Crippen molar-refractivity contribution in [3.05, 3.63) is 188 Å². The molecule has 2 aromatic heterocycles. The Bertz CT molecular complexity index is 2770. The molecule has 3 heteroatoms. The Morgan fingerprint density at radius 2 is 0.776 bits per heavy atom. The van der Waals surface area contributed by atoms with Gasteiger partial charge in [0.25, 0.3) is 0 Å². The normalized spacial score (nSPS) is 11.7. The van der Waals surface area contributed by atoms with Crippen molar-refractivity contribution in [1.29, 1.82) is 0 Å². The van der Waals surface area contributed by atoms with E-state index in [4.69, 9.17) is 0 Å². The first kappa shape index (κ1) is 27.5. The average molecular weight is 626 g/mol. The summed E-state index contributed by atoms with van der Waals surface area (Å²) < 4.78 is 4.87. The summed E-state index contributed by atoms with van der Waals surface area (Å²) >= 11 is 0. The lowest BCUT2D eigenvalue weighted by molar-refractivity contribution is 1.16. The summed E-state index contributed by atoms with van der Waals surface area (Å²) in [5, 5.41) is 7.51. The number of para-hydroxylation sites is 4. The molecule has 0 saturated carbocycles. The predicted molar refractivity (Wildman–Crippen MR) is 207 cm³/mol. The molecule has 0 bridgehead atoms. The molecule has 0 aliphatic rings. The van der Waals surface area contributed by atoms with E-state index >= 15 is 0 Å². The van der Waals surface area contributed by atoms with Gasteiger partial charge in [0.2, 0.25) is 0 Å². The fourth-order valence-corrected chi connectivity index (χ4v) is 7.67. The van der Waals surface area contributed by atoms with Crippen molar-refractivity contribution in [2.24, 2.45) is 0 Å². The van der Waals surface area contributed by atoms with Gasteiger partial charge in [-0.15, -0.1) is 0 Å². The van der Waals surface area contributed by atoms with Crippen LogP contribution in [0.1, 0.15) is 0 Å². The second-order valence-electron chi connectivity index (χ2n) is 12.7. The summed E-state index contributed by atoms with van der Waals surface area (Å²) in [6.45, 7) is 0. The molecule has 10 aromatic rings. The van der Waals surface area contributed by atoms with Crippen LogP contribution < -0.4 is 4.90 Å². The summed E-state index contributed by atoms with van der Waals surface area (Å²) in [5.41, 5.74) is 10.4. The van der Waals surface area contributed by atoms with Crippen LogP contribution >= 0.6 is 0 Å². The van der Waals surface area contributed by atoms with Crippen LogP contribution in [0.5, 0.6) is 0 Å². The minimum Gasteiger partial charge on any atom is -0.310 e. The average Bonchev–Trinajstić information content (AvgIpc) is 3.65. The molecule has 0 unspecified atom stereocenters. The third-order valence-electron chi connectivity index (χ3n) is 9.82. The van der Waals surface area contributed by atoms with Crippen molar-refractivity contribution in [3.63, 3.8) is 0 Å². The smallest absolute Gasteiger partial charge is 0.0562 e. The van der Waals surface area contributed by atoms with Crippen LogP contribution in [-0.2, 0) is 0 Å². The van der Waals surface area contributed by atoms with E-state index < -0.39 is 0 Å². The highest BCUT2D eigenvalue weighted by atomic mass is 15.1. The highest BCUT2D eigenvalue weighted by molar-refractivity contribution is 6.20. The number of hydrogen-bond donors (Lipinski definition) is 0. The molecule has 8 aromatic carbocycles. The van der Waals surface area contributed by atoms with Crippen LogP contribution in [0.15, 0.2) is 188 Å². The Balaban J connectivity index is 1.28. The number of anilines is 3. The van der Waals surface area contributed by atoms with Crippen LogP contribution in [0.3, 0.4) is 0 Å². The van der Waals surface area contributed by atoms with E-state index in [1.165, 1.54) is 54.4 Å². The molecular weight excluding hydrogens is 595 g/mol. The standard InChI is InChI=1S/C46H31N3/c1-4-17-34(18-5-1)47(35-19-6-2-7-20-35)37-23-14-24-38(29-37)49-43-26-13-12-25-39(43)41-30-42-40-27-32-15-10-11-16-33(32)28-44(40)48(46(42)31-45(41)49)36-21-8-3-9-22-36/h1-31H. The highest BCUT2D eigenvalue weighted by Crippen LogP contribution is 2.42. The molecule has 0 amide bonds. The van der Waals surface area contributed by atoms with Crippen molar-refractivity contribution < 1.29 is 0 Å². The zero-order chi connectivity index (χ0) is 32.3. The third-order valence-corrected chi connectivity index (χ3v) is 9.82. The van der Waals surface area contributed by atoms with Crippen molar-refractivity contribution >= 4 is 71.4 Å². The van der Waals surface area contributed by atoms with E-state index in [2.05, 4.69) is 202 Å². The lowest BCUT2D eigenvalue weighted by Crippen LogP contribution is -2.10. The Kier molecular flexibility index (Phi) is 6.18. The molecular formula is C46H31N3. The van der Waals surface area contributed by atoms with Gasteiger partial charge in [0.15, 0.2) is 0 Å². The zero-order valence-electron chi connectivity index (χ0n) is 26.7. The first-order valence-corrected chi connectivity index (χ1v) is 16.8. The lowest BCUT2D eigenvalue weighted by Gasteiger charge is -2.26. The second kappa shape index (κ2) is 11.0. The van der Waals surface area contributed by atoms with E-state index in [0.29, 0.717) is 0 Å². The SMILES string of the molecule is c1ccc(N(c2ccccc2)c2cccc(-n3c4ccccc4c4cc5c6cc7ccccc7cc6n(-c6ccccc6)c5cc43)c2)cc1. The van der Waals surface area contributed by atoms with E-state index in [0.717, 1.165) is 28.4 Å². The molecule has 2 heterocycles. The van der Waals surface area contributed by atoms with Crippen molar-refractivity contribution in [3.8, 4) is 11.4 Å². The minimum atomic E-state index is 1.10. The third kappa shape index (κ3) is 4.37. The molecule has 0 radical (unpaired) electrons. The Morgan fingerprint density at radius 1 is 0.286 bits per heavy atom. The first-order chi connectivity index (χ1) is 24.3. The number of aromatic nitrogens is 2. The lowest BCUT2D eigenvalue weighted by atomic mass is 10.0. The molecule has 0 atom stereocenters. The van der Waals surface area contributed by atoms with Crippen LogP contribution in [0.25, 0.3) is 65.8 Å². The molecule has 10 rings (SSSR count). The van der Waals surface area contributed by atoms with E-state index in [9.17, 15) is 0 Å². The molecule has 0 fully saturated rings. The summed E-state index contributed by atoms with van der Waals surface area (Å²) in [5.74, 6) is 0. The summed E-state index contributed by atoms with van der Waals surface area (Å²) in [6, 6.07) is 67.9. The summed E-state index contributed by atoms with van der Waals surface area (Å²) in [6.07, 6.45) is 0. The molecule has 0 saturated heterocycles. The molecule has 3 nitrogen and oxygen atoms in total. The maximum Gasteiger partial charge on any atom is 0.0562 e. The zero-order valence-corrected chi connectivity index (χ0v) is 26.7. The van der Waals surface area contributed by atoms with Crippen molar-refractivity contribution in [1.82, 2.24) is 9.13 Å². The van der Waals surface area contributed by atoms with Crippen molar-refractivity contribution in [2.75, 3.05) is 4.90 Å². The highest BCUT2D eigenvalue weighted by Gasteiger charge is 2.20. The monoisotopic (exact) mass is 625 g/mol. The van der Waals surface area contributed by atoms with Gasteiger partial charge in [0.05, 0.1) is 22.1 Å². The summed E-state index contributed by atoms with van der Waals surface area (Å²) in [7, 11) is 0. The number of hydrogen-bond acceptors (Lipinski definition) is 1. The number of benzene rings is 8. The largest absolute Gasteiger partial charge is 0.310 e. The maximum atomic E-state index is 2.44. The van der Waals surface area contributed by atoms with Gasteiger partial charge in [-0.3, -0.25) is 0 Å². The van der Waals surface area contributed by atoms with E-state index in [1.807, 2.05) is 0 Å². The molecule has 0 spiro atoms. The quantitative estimate of drug-likeness (QED) is 0.185. The first-order valence-electron chi connectivity index (χ1n) is 16.8.